The topological polar surface area (TPSA) is 44.4 Å². The van der Waals surface area contributed by atoms with Crippen molar-refractivity contribution in [3.63, 3.8) is 0 Å². The first-order valence-electron chi connectivity index (χ1n) is 7.61. The Hall–Kier alpha value is -1.71. The molecular weight excluding hydrogens is 250 g/mol. The Morgan fingerprint density at radius 3 is 2.65 bits per heavy atom. The van der Waals surface area contributed by atoms with Gasteiger partial charge in [-0.1, -0.05) is 12.8 Å². The average molecular weight is 273 g/mol. The van der Waals surface area contributed by atoms with E-state index in [1.807, 2.05) is 30.1 Å². The number of carbonyl (C=O) groups excluding carboxylic acids is 1. The molecular formula is C16H23N3O. The standard InChI is InChI=1S/C16H23N3O/c1-19(11-12-4-2-3-5-12)16(20)13-6-7-14-15(10-13)18-9-8-17-14/h6-7,10,12,17-18H,2-5,8-9,11H2,1H3. The molecule has 2 aliphatic rings. The maximum absolute atomic E-state index is 12.5. The summed E-state index contributed by atoms with van der Waals surface area (Å²) in [6.07, 6.45) is 5.18. The highest BCUT2D eigenvalue weighted by Gasteiger charge is 2.21. The molecule has 0 atom stereocenters. The first-order chi connectivity index (χ1) is 9.74. The second-order valence-corrected chi connectivity index (χ2v) is 5.95. The van der Waals surface area contributed by atoms with Crippen molar-refractivity contribution in [1.82, 2.24) is 4.90 Å². The van der Waals surface area contributed by atoms with Crippen molar-refractivity contribution in [2.24, 2.45) is 5.92 Å². The number of fused-ring (bicyclic) bond motifs is 1. The summed E-state index contributed by atoms with van der Waals surface area (Å²) in [7, 11) is 1.92. The molecule has 108 valence electrons. The van der Waals surface area contributed by atoms with Crippen LogP contribution >= 0.6 is 0 Å². The average Bonchev–Trinajstić information content (AvgIpc) is 2.99. The van der Waals surface area contributed by atoms with Gasteiger partial charge < -0.3 is 15.5 Å². The molecule has 1 aliphatic heterocycles. The van der Waals surface area contributed by atoms with Gasteiger partial charge in [-0.2, -0.15) is 0 Å². The van der Waals surface area contributed by atoms with Crippen molar-refractivity contribution in [2.75, 3.05) is 37.3 Å². The summed E-state index contributed by atoms with van der Waals surface area (Å²) >= 11 is 0. The number of anilines is 2. The molecule has 1 fully saturated rings. The normalized spacial score (nSPS) is 18.1. The lowest BCUT2D eigenvalue weighted by Gasteiger charge is -2.23. The van der Waals surface area contributed by atoms with Gasteiger partial charge in [0.25, 0.3) is 5.91 Å². The maximum Gasteiger partial charge on any atom is 0.253 e. The van der Waals surface area contributed by atoms with Crippen molar-refractivity contribution in [3.05, 3.63) is 23.8 Å². The highest BCUT2D eigenvalue weighted by molar-refractivity contribution is 5.96. The number of benzene rings is 1. The zero-order valence-corrected chi connectivity index (χ0v) is 12.1. The van der Waals surface area contributed by atoms with Gasteiger partial charge in [-0.05, 0) is 37.0 Å². The molecule has 0 aromatic heterocycles. The fourth-order valence-electron chi connectivity index (χ4n) is 3.26. The van der Waals surface area contributed by atoms with E-state index in [1.54, 1.807) is 0 Å². The molecule has 0 spiro atoms. The molecule has 1 aliphatic carbocycles. The van der Waals surface area contributed by atoms with E-state index in [4.69, 9.17) is 0 Å². The van der Waals surface area contributed by atoms with Gasteiger partial charge in [0.05, 0.1) is 11.4 Å². The van der Waals surface area contributed by atoms with Crippen LogP contribution in [-0.4, -0.2) is 37.5 Å². The Labute approximate surface area is 120 Å². The third kappa shape index (κ3) is 2.74. The van der Waals surface area contributed by atoms with E-state index in [9.17, 15) is 4.79 Å². The molecule has 0 radical (unpaired) electrons. The molecule has 0 saturated heterocycles. The smallest absolute Gasteiger partial charge is 0.253 e. The van der Waals surface area contributed by atoms with Crippen LogP contribution < -0.4 is 10.6 Å². The lowest BCUT2D eigenvalue weighted by molar-refractivity contribution is 0.0773. The zero-order chi connectivity index (χ0) is 13.9. The number of hydrogen-bond acceptors (Lipinski definition) is 3. The molecule has 1 amide bonds. The summed E-state index contributed by atoms with van der Waals surface area (Å²) in [5, 5.41) is 6.67. The number of carbonyl (C=O) groups is 1. The van der Waals surface area contributed by atoms with Crippen LogP contribution in [-0.2, 0) is 0 Å². The van der Waals surface area contributed by atoms with Gasteiger partial charge in [0, 0.05) is 32.2 Å². The van der Waals surface area contributed by atoms with Crippen molar-refractivity contribution < 1.29 is 4.79 Å². The Bertz CT molecular complexity index is 494. The molecule has 1 heterocycles. The lowest BCUT2D eigenvalue weighted by atomic mass is 10.1. The molecule has 4 heteroatoms. The summed E-state index contributed by atoms with van der Waals surface area (Å²) in [4.78, 5) is 14.4. The Balaban J connectivity index is 1.69. The highest BCUT2D eigenvalue weighted by atomic mass is 16.2. The van der Waals surface area contributed by atoms with Crippen LogP contribution in [0.2, 0.25) is 0 Å². The van der Waals surface area contributed by atoms with Crippen molar-refractivity contribution >= 4 is 17.3 Å². The number of nitrogens with one attached hydrogen (secondary N) is 2. The van der Waals surface area contributed by atoms with Crippen molar-refractivity contribution in [1.29, 1.82) is 0 Å². The molecule has 0 unspecified atom stereocenters. The summed E-state index contributed by atoms with van der Waals surface area (Å²) < 4.78 is 0. The molecule has 4 nitrogen and oxygen atoms in total. The highest BCUT2D eigenvalue weighted by Crippen LogP contribution is 2.27. The molecule has 3 rings (SSSR count). The number of hydrogen-bond donors (Lipinski definition) is 2. The van der Waals surface area contributed by atoms with E-state index in [1.165, 1.54) is 25.7 Å². The van der Waals surface area contributed by atoms with Gasteiger partial charge in [-0.25, -0.2) is 0 Å². The minimum absolute atomic E-state index is 0.132. The summed E-state index contributed by atoms with van der Waals surface area (Å²) in [5.74, 6) is 0.827. The van der Waals surface area contributed by atoms with E-state index in [2.05, 4.69) is 10.6 Å². The number of rotatable bonds is 3. The number of amides is 1. The van der Waals surface area contributed by atoms with Crippen molar-refractivity contribution in [2.45, 2.75) is 25.7 Å². The Morgan fingerprint density at radius 2 is 1.90 bits per heavy atom. The van der Waals surface area contributed by atoms with E-state index in [0.717, 1.165) is 36.6 Å². The van der Waals surface area contributed by atoms with Crippen LogP contribution in [0.4, 0.5) is 11.4 Å². The summed E-state index contributed by atoms with van der Waals surface area (Å²) in [6, 6.07) is 5.89. The van der Waals surface area contributed by atoms with Crippen LogP contribution in [0, 0.1) is 5.92 Å². The summed E-state index contributed by atoms with van der Waals surface area (Å²) in [6.45, 7) is 2.73. The monoisotopic (exact) mass is 273 g/mol. The Morgan fingerprint density at radius 1 is 1.20 bits per heavy atom. The minimum Gasteiger partial charge on any atom is -0.382 e. The van der Waals surface area contributed by atoms with Crippen LogP contribution in [0.5, 0.6) is 0 Å². The van der Waals surface area contributed by atoms with E-state index in [-0.39, 0.29) is 5.91 Å². The Kier molecular flexibility index (Phi) is 3.81. The van der Waals surface area contributed by atoms with Gasteiger partial charge in [0.2, 0.25) is 0 Å². The van der Waals surface area contributed by atoms with Gasteiger partial charge in [0.15, 0.2) is 0 Å². The van der Waals surface area contributed by atoms with Gasteiger partial charge in [-0.3, -0.25) is 4.79 Å². The van der Waals surface area contributed by atoms with Gasteiger partial charge in [0.1, 0.15) is 0 Å². The first-order valence-corrected chi connectivity index (χ1v) is 7.61. The first kappa shape index (κ1) is 13.3. The summed E-state index contributed by atoms with van der Waals surface area (Å²) in [5.41, 5.74) is 2.91. The minimum atomic E-state index is 0.132. The molecule has 20 heavy (non-hydrogen) atoms. The second-order valence-electron chi connectivity index (χ2n) is 5.95. The molecule has 1 saturated carbocycles. The third-order valence-electron chi connectivity index (χ3n) is 4.38. The van der Waals surface area contributed by atoms with Crippen LogP contribution in [0.25, 0.3) is 0 Å². The van der Waals surface area contributed by atoms with Crippen LogP contribution in [0.1, 0.15) is 36.0 Å². The molecule has 1 aromatic rings. The SMILES string of the molecule is CN(CC1CCCC1)C(=O)c1ccc2c(c1)NCCN2. The predicted molar refractivity (Wildman–Crippen MR) is 82.3 cm³/mol. The number of nitrogens with zero attached hydrogens (tertiary/aromatic N) is 1. The molecule has 0 bridgehead atoms. The quantitative estimate of drug-likeness (QED) is 0.890. The van der Waals surface area contributed by atoms with Gasteiger partial charge >= 0.3 is 0 Å². The fourth-order valence-corrected chi connectivity index (χ4v) is 3.26. The van der Waals surface area contributed by atoms with Crippen LogP contribution in [0.15, 0.2) is 18.2 Å². The fraction of sp³-hybridized carbons (Fsp3) is 0.562. The maximum atomic E-state index is 12.5. The van der Waals surface area contributed by atoms with Crippen LogP contribution in [0.3, 0.4) is 0 Å². The van der Waals surface area contributed by atoms with E-state index < -0.39 is 0 Å². The third-order valence-corrected chi connectivity index (χ3v) is 4.38. The second kappa shape index (κ2) is 5.73. The van der Waals surface area contributed by atoms with Crippen molar-refractivity contribution in [3.8, 4) is 0 Å². The van der Waals surface area contributed by atoms with E-state index in [0.29, 0.717) is 5.92 Å². The van der Waals surface area contributed by atoms with Gasteiger partial charge in [-0.15, -0.1) is 0 Å². The molecule has 2 N–H and O–H groups in total. The molecule has 1 aromatic carbocycles. The van der Waals surface area contributed by atoms with E-state index >= 15 is 0 Å². The lowest BCUT2D eigenvalue weighted by Crippen LogP contribution is -2.31. The largest absolute Gasteiger partial charge is 0.382 e. The zero-order valence-electron chi connectivity index (χ0n) is 12.1. The predicted octanol–water partition coefficient (Wildman–Crippen LogP) is 2.79.